The monoisotopic (exact) mass is 141 g/mol. The molecule has 1 saturated carbocycles. The highest BCUT2D eigenvalue weighted by molar-refractivity contribution is 5.63. The van der Waals surface area contributed by atoms with Gasteiger partial charge in [0.25, 0.3) is 0 Å². The van der Waals surface area contributed by atoms with Crippen molar-refractivity contribution in [3.63, 3.8) is 0 Å². The lowest BCUT2D eigenvalue weighted by molar-refractivity contribution is 0.128. The third-order valence-electron chi connectivity index (χ3n) is 1.17. The minimum absolute atomic E-state index is 0.148. The molecule has 2 nitrogen and oxygen atoms in total. The standard InChI is InChI=1S/C8H15NO/c1-8(2,3)6-9-10-7-4-5-7/h6-7H,4-5H2,1-3H3. The summed E-state index contributed by atoms with van der Waals surface area (Å²) in [5, 5.41) is 3.88. The molecule has 2 heteroatoms. The highest BCUT2D eigenvalue weighted by atomic mass is 16.6. The Morgan fingerprint density at radius 2 is 2.00 bits per heavy atom. The van der Waals surface area contributed by atoms with E-state index in [0.717, 1.165) is 0 Å². The molecule has 0 heterocycles. The van der Waals surface area contributed by atoms with Gasteiger partial charge in [-0.15, -0.1) is 0 Å². The Balaban J connectivity index is 2.15. The van der Waals surface area contributed by atoms with Crippen LogP contribution in [0.2, 0.25) is 0 Å². The Morgan fingerprint density at radius 1 is 1.40 bits per heavy atom. The lowest BCUT2D eigenvalue weighted by Gasteiger charge is -2.08. The second kappa shape index (κ2) is 2.60. The first kappa shape index (κ1) is 7.58. The Bertz CT molecular complexity index is 131. The summed E-state index contributed by atoms with van der Waals surface area (Å²) in [6.45, 7) is 6.31. The van der Waals surface area contributed by atoms with E-state index in [1.165, 1.54) is 12.8 Å². The van der Waals surface area contributed by atoms with Gasteiger partial charge in [-0.25, -0.2) is 0 Å². The molecule has 0 atom stereocenters. The SMILES string of the molecule is CC(C)(C)C=NOC1CC1. The zero-order valence-corrected chi connectivity index (χ0v) is 6.92. The van der Waals surface area contributed by atoms with E-state index in [4.69, 9.17) is 4.84 Å². The molecule has 0 saturated heterocycles. The average molecular weight is 141 g/mol. The minimum atomic E-state index is 0.148. The normalized spacial score (nSPS) is 19.9. The van der Waals surface area contributed by atoms with Crippen molar-refractivity contribution in [2.75, 3.05) is 0 Å². The Morgan fingerprint density at radius 3 is 2.40 bits per heavy atom. The van der Waals surface area contributed by atoms with Crippen molar-refractivity contribution in [3.05, 3.63) is 0 Å². The first-order chi connectivity index (χ1) is 4.58. The van der Waals surface area contributed by atoms with Crippen molar-refractivity contribution in [3.8, 4) is 0 Å². The summed E-state index contributed by atoms with van der Waals surface area (Å²) in [4.78, 5) is 5.10. The largest absolute Gasteiger partial charge is 0.393 e. The molecule has 0 aromatic heterocycles. The molecule has 0 spiro atoms. The van der Waals surface area contributed by atoms with Crippen LogP contribution in [0, 0.1) is 5.41 Å². The molecule has 0 N–H and O–H groups in total. The fourth-order valence-corrected chi connectivity index (χ4v) is 0.448. The zero-order valence-electron chi connectivity index (χ0n) is 6.92. The van der Waals surface area contributed by atoms with Crippen molar-refractivity contribution < 1.29 is 4.84 Å². The molecule has 1 rings (SSSR count). The molecule has 0 aromatic rings. The van der Waals surface area contributed by atoms with E-state index in [1.54, 1.807) is 0 Å². The van der Waals surface area contributed by atoms with Gasteiger partial charge in [-0.05, 0) is 12.8 Å². The van der Waals surface area contributed by atoms with Crippen LogP contribution in [0.15, 0.2) is 5.16 Å². The van der Waals surface area contributed by atoms with Crippen molar-refractivity contribution in [1.29, 1.82) is 0 Å². The Kier molecular flexibility index (Phi) is 1.97. The number of oxime groups is 1. The minimum Gasteiger partial charge on any atom is -0.393 e. The van der Waals surface area contributed by atoms with Gasteiger partial charge in [0.05, 0.1) is 0 Å². The summed E-state index contributed by atoms with van der Waals surface area (Å²) in [6, 6.07) is 0. The highest BCUT2D eigenvalue weighted by Gasteiger charge is 2.23. The number of rotatable bonds is 2. The molecular weight excluding hydrogens is 126 g/mol. The molecule has 58 valence electrons. The van der Waals surface area contributed by atoms with Gasteiger partial charge in [-0.3, -0.25) is 0 Å². The van der Waals surface area contributed by atoms with E-state index in [1.807, 2.05) is 6.21 Å². The molecule has 0 bridgehead atoms. The fraction of sp³-hybridized carbons (Fsp3) is 0.875. The Hall–Kier alpha value is -0.530. The third kappa shape index (κ3) is 3.49. The number of hydrogen-bond donors (Lipinski definition) is 0. The predicted molar refractivity (Wildman–Crippen MR) is 42.1 cm³/mol. The smallest absolute Gasteiger partial charge is 0.127 e. The summed E-state index contributed by atoms with van der Waals surface area (Å²) >= 11 is 0. The Labute approximate surface area is 62.3 Å². The maximum absolute atomic E-state index is 5.10. The summed E-state index contributed by atoms with van der Waals surface area (Å²) < 4.78 is 0. The van der Waals surface area contributed by atoms with E-state index in [0.29, 0.717) is 6.10 Å². The molecule has 0 unspecified atom stereocenters. The summed E-state index contributed by atoms with van der Waals surface area (Å²) in [5.74, 6) is 0. The van der Waals surface area contributed by atoms with Gasteiger partial charge in [0.1, 0.15) is 6.10 Å². The molecule has 0 radical (unpaired) electrons. The molecule has 1 fully saturated rings. The van der Waals surface area contributed by atoms with Crippen LogP contribution in [0.1, 0.15) is 33.6 Å². The first-order valence-corrected chi connectivity index (χ1v) is 3.78. The fourth-order valence-electron chi connectivity index (χ4n) is 0.448. The average Bonchev–Trinajstić information content (AvgIpc) is 2.45. The van der Waals surface area contributed by atoms with Gasteiger partial charge in [0.15, 0.2) is 0 Å². The van der Waals surface area contributed by atoms with E-state index in [9.17, 15) is 0 Å². The van der Waals surface area contributed by atoms with Crippen molar-refractivity contribution in [2.24, 2.45) is 10.6 Å². The molecule has 1 aliphatic rings. The van der Waals surface area contributed by atoms with Crippen LogP contribution in [0.3, 0.4) is 0 Å². The zero-order chi connectivity index (χ0) is 7.61. The van der Waals surface area contributed by atoms with Gasteiger partial charge in [-0.1, -0.05) is 25.9 Å². The van der Waals surface area contributed by atoms with Crippen LogP contribution in [-0.2, 0) is 4.84 Å². The van der Waals surface area contributed by atoms with Crippen LogP contribution in [0.25, 0.3) is 0 Å². The van der Waals surface area contributed by atoms with E-state index in [2.05, 4.69) is 25.9 Å². The van der Waals surface area contributed by atoms with Crippen molar-refractivity contribution in [1.82, 2.24) is 0 Å². The molecule has 0 aromatic carbocycles. The van der Waals surface area contributed by atoms with E-state index >= 15 is 0 Å². The van der Waals surface area contributed by atoms with Gasteiger partial charge < -0.3 is 4.84 Å². The maximum Gasteiger partial charge on any atom is 0.127 e. The topological polar surface area (TPSA) is 21.6 Å². The second-order valence-electron chi connectivity index (χ2n) is 3.91. The quantitative estimate of drug-likeness (QED) is 0.426. The third-order valence-corrected chi connectivity index (χ3v) is 1.17. The van der Waals surface area contributed by atoms with Gasteiger partial charge >= 0.3 is 0 Å². The molecule has 0 aliphatic heterocycles. The van der Waals surface area contributed by atoms with Crippen LogP contribution < -0.4 is 0 Å². The molecular formula is C8H15NO. The number of hydrogen-bond acceptors (Lipinski definition) is 2. The summed E-state index contributed by atoms with van der Waals surface area (Å²) in [7, 11) is 0. The van der Waals surface area contributed by atoms with Crippen molar-refractivity contribution in [2.45, 2.75) is 39.7 Å². The second-order valence-corrected chi connectivity index (χ2v) is 3.91. The van der Waals surface area contributed by atoms with Crippen molar-refractivity contribution >= 4 is 6.21 Å². The van der Waals surface area contributed by atoms with Crippen LogP contribution >= 0.6 is 0 Å². The predicted octanol–water partition coefficient (Wildman–Crippen LogP) is 2.20. The molecule has 10 heavy (non-hydrogen) atoms. The van der Waals surface area contributed by atoms with Gasteiger partial charge in [-0.2, -0.15) is 0 Å². The molecule has 1 aliphatic carbocycles. The molecule has 0 amide bonds. The van der Waals surface area contributed by atoms with Gasteiger partial charge in [0, 0.05) is 11.6 Å². The maximum atomic E-state index is 5.10. The van der Waals surface area contributed by atoms with Crippen LogP contribution in [0.4, 0.5) is 0 Å². The summed E-state index contributed by atoms with van der Waals surface area (Å²) in [6.07, 6.45) is 4.65. The lowest BCUT2D eigenvalue weighted by Crippen LogP contribution is -2.06. The lowest BCUT2D eigenvalue weighted by atomic mass is 10.00. The number of nitrogens with zero attached hydrogens (tertiary/aromatic N) is 1. The van der Waals surface area contributed by atoms with E-state index < -0.39 is 0 Å². The first-order valence-electron chi connectivity index (χ1n) is 3.78. The van der Waals surface area contributed by atoms with E-state index in [-0.39, 0.29) is 5.41 Å². The highest BCUT2D eigenvalue weighted by Crippen LogP contribution is 2.23. The van der Waals surface area contributed by atoms with Crippen LogP contribution in [0.5, 0.6) is 0 Å². The van der Waals surface area contributed by atoms with Gasteiger partial charge in [0.2, 0.25) is 0 Å². The van der Waals surface area contributed by atoms with Crippen LogP contribution in [-0.4, -0.2) is 12.3 Å². The summed E-state index contributed by atoms with van der Waals surface area (Å²) in [5.41, 5.74) is 0.148.